The average molecular weight is 273 g/mol. The maximum absolute atomic E-state index is 11.6. The van der Waals surface area contributed by atoms with Gasteiger partial charge in [-0.25, -0.2) is 9.59 Å². The number of ether oxygens (including phenoxy) is 2. The number of carbonyl (C=O) groups excluding carboxylic acids is 2. The van der Waals surface area contributed by atoms with E-state index < -0.39 is 5.97 Å². The number of hydrogen-bond donors (Lipinski definition) is 1. The van der Waals surface area contributed by atoms with Gasteiger partial charge >= 0.3 is 11.9 Å². The lowest BCUT2D eigenvalue weighted by Crippen LogP contribution is -2.04. The maximum Gasteiger partial charge on any atom is 0.354 e. The molecule has 1 heterocycles. The van der Waals surface area contributed by atoms with Gasteiger partial charge in [-0.1, -0.05) is 12.1 Å². The normalized spacial score (nSPS) is 10.9. The smallest absolute Gasteiger partial charge is 0.354 e. The van der Waals surface area contributed by atoms with Crippen molar-refractivity contribution in [2.75, 3.05) is 13.7 Å². The molecule has 104 valence electrons. The van der Waals surface area contributed by atoms with Gasteiger partial charge in [-0.15, -0.1) is 0 Å². The number of carbonyl (C=O) groups is 2. The van der Waals surface area contributed by atoms with E-state index in [9.17, 15) is 9.59 Å². The molecule has 0 aliphatic rings. The first kappa shape index (κ1) is 13.9. The molecule has 5 heteroatoms. The lowest BCUT2D eigenvalue weighted by Gasteiger charge is -1.97. The van der Waals surface area contributed by atoms with Crippen LogP contribution in [0.1, 0.15) is 23.0 Å². The van der Waals surface area contributed by atoms with Crippen molar-refractivity contribution in [3.63, 3.8) is 0 Å². The van der Waals surface area contributed by atoms with Gasteiger partial charge in [0.05, 0.1) is 13.7 Å². The Kier molecular flexibility index (Phi) is 4.20. The van der Waals surface area contributed by atoms with Gasteiger partial charge < -0.3 is 14.5 Å². The molecule has 0 spiro atoms. The van der Waals surface area contributed by atoms with Crippen LogP contribution in [-0.2, 0) is 14.3 Å². The Hall–Kier alpha value is -2.56. The third-order valence-electron chi connectivity index (χ3n) is 2.75. The molecule has 2 aromatic rings. The number of aromatic amines is 1. The van der Waals surface area contributed by atoms with Crippen molar-refractivity contribution in [1.82, 2.24) is 4.98 Å². The summed E-state index contributed by atoms with van der Waals surface area (Å²) in [5.74, 6) is -0.792. The molecule has 20 heavy (non-hydrogen) atoms. The average Bonchev–Trinajstić information content (AvgIpc) is 2.88. The van der Waals surface area contributed by atoms with Gasteiger partial charge in [0.2, 0.25) is 0 Å². The minimum atomic E-state index is -0.413. The van der Waals surface area contributed by atoms with E-state index in [2.05, 4.69) is 9.72 Å². The van der Waals surface area contributed by atoms with Crippen molar-refractivity contribution in [2.45, 2.75) is 6.92 Å². The number of rotatable bonds is 4. The van der Waals surface area contributed by atoms with Gasteiger partial charge in [-0.3, -0.25) is 0 Å². The number of benzene rings is 1. The molecule has 0 fully saturated rings. The second kappa shape index (κ2) is 6.06. The lowest BCUT2D eigenvalue weighted by molar-refractivity contribution is -0.134. The zero-order valence-corrected chi connectivity index (χ0v) is 11.3. The second-order valence-corrected chi connectivity index (χ2v) is 4.11. The van der Waals surface area contributed by atoms with Crippen LogP contribution < -0.4 is 0 Å². The van der Waals surface area contributed by atoms with Crippen LogP contribution in [0.5, 0.6) is 0 Å². The van der Waals surface area contributed by atoms with Crippen molar-refractivity contribution in [3.05, 3.63) is 41.6 Å². The molecule has 1 aromatic carbocycles. The van der Waals surface area contributed by atoms with E-state index in [0.717, 1.165) is 16.5 Å². The summed E-state index contributed by atoms with van der Waals surface area (Å²) in [6, 6.07) is 7.30. The van der Waals surface area contributed by atoms with Crippen LogP contribution in [0.15, 0.2) is 30.3 Å². The Balaban J connectivity index is 2.28. The standard InChI is InChI=1S/C15H15NO4/c1-3-20-15(18)13-9-11-6-4-10(8-12(11)16-13)5-7-14(17)19-2/h4-9,16H,3H2,1-2H3. The number of fused-ring (bicyclic) bond motifs is 1. The molecule has 0 saturated carbocycles. The van der Waals surface area contributed by atoms with Crippen LogP contribution in [-0.4, -0.2) is 30.6 Å². The summed E-state index contributed by atoms with van der Waals surface area (Å²) in [5, 5.41) is 0.906. The van der Waals surface area contributed by atoms with Crippen LogP contribution in [0.3, 0.4) is 0 Å². The minimum Gasteiger partial charge on any atom is -0.466 e. The Bertz CT molecular complexity index is 670. The zero-order chi connectivity index (χ0) is 14.5. The highest BCUT2D eigenvalue weighted by molar-refractivity contribution is 5.95. The van der Waals surface area contributed by atoms with Gasteiger partial charge in [0.15, 0.2) is 0 Å². The van der Waals surface area contributed by atoms with Crippen molar-refractivity contribution in [3.8, 4) is 0 Å². The van der Waals surface area contributed by atoms with Crippen LogP contribution in [0, 0.1) is 0 Å². The Labute approximate surface area is 116 Å². The first-order valence-electron chi connectivity index (χ1n) is 6.20. The summed E-state index contributed by atoms with van der Waals surface area (Å²) < 4.78 is 9.46. The largest absolute Gasteiger partial charge is 0.466 e. The molecule has 0 radical (unpaired) electrons. The molecule has 0 saturated heterocycles. The highest BCUT2D eigenvalue weighted by Gasteiger charge is 2.10. The molecule has 0 atom stereocenters. The number of esters is 2. The molecule has 0 unspecified atom stereocenters. The van der Waals surface area contributed by atoms with Crippen molar-refractivity contribution < 1.29 is 19.1 Å². The summed E-state index contributed by atoms with van der Waals surface area (Å²) in [7, 11) is 1.33. The predicted octanol–water partition coefficient (Wildman–Crippen LogP) is 2.53. The van der Waals surface area contributed by atoms with Crippen molar-refractivity contribution in [1.29, 1.82) is 0 Å². The fourth-order valence-electron chi connectivity index (χ4n) is 1.80. The second-order valence-electron chi connectivity index (χ2n) is 4.11. The van der Waals surface area contributed by atoms with Gasteiger partial charge in [-0.05, 0) is 30.7 Å². The van der Waals surface area contributed by atoms with Crippen LogP contribution >= 0.6 is 0 Å². The molecule has 1 aromatic heterocycles. The van der Waals surface area contributed by atoms with Gasteiger partial charge in [-0.2, -0.15) is 0 Å². The van der Waals surface area contributed by atoms with Crippen LogP contribution in [0.4, 0.5) is 0 Å². The van der Waals surface area contributed by atoms with E-state index >= 15 is 0 Å². The van der Waals surface area contributed by atoms with E-state index in [0.29, 0.717) is 12.3 Å². The maximum atomic E-state index is 11.6. The Morgan fingerprint density at radius 1 is 1.30 bits per heavy atom. The SMILES string of the molecule is CCOC(=O)c1cc2ccc(C=CC(=O)OC)cc2[nH]1. The Morgan fingerprint density at radius 3 is 2.80 bits per heavy atom. The highest BCUT2D eigenvalue weighted by Crippen LogP contribution is 2.18. The summed E-state index contributed by atoms with van der Waals surface area (Å²) >= 11 is 0. The predicted molar refractivity (Wildman–Crippen MR) is 75.3 cm³/mol. The quantitative estimate of drug-likeness (QED) is 0.686. The molecule has 5 nitrogen and oxygen atoms in total. The molecule has 1 N–H and O–H groups in total. The molecule has 2 rings (SSSR count). The number of H-pyrrole nitrogens is 1. The molecule has 0 amide bonds. The number of methoxy groups -OCH3 is 1. The topological polar surface area (TPSA) is 68.4 Å². The molecular formula is C15H15NO4. The summed E-state index contributed by atoms with van der Waals surface area (Å²) in [6.07, 6.45) is 2.99. The first-order chi connectivity index (χ1) is 9.63. The summed E-state index contributed by atoms with van der Waals surface area (Å²) in [4.78, 5) is 25.7. The fourth-order valence-corrected chi connectivity index (χ4v) is 1.80. The monoisotopic (exact) mass is 273 g/mol. The van der Waals surface area contributed by atoms with Gasteiger partial charge in [0.1, 0.15) is 5.69 Å². The molecular weight excluding hydrogens is 258 g/mol. The molecule has 0 aliphatic carbocycles. The van der Waals surface area contributed by atoms with Gasteiger partial charge in [0.25, 0.3) is 0 Å². The van der Waals surface area contributed by atoms with E-state index in [1.54, 1.807) is 19.1 Å². The van der Waals surface area contributed by atoms with E-state index in [-0.39, 0.29) is 5.97 Å². The summed E-state index contributed by atoms with van der Waals surface area (Å²) in [6.45, 7) is 2.09. The van der Waals surface area contributed by atoms with Gasteiger partial charge in [0, 0.05) is 17.0 Å². The van der Waals surface area contributed by atoms with E-state index in [1.807, 2.05) is 18.2 Å². The van der Waals surface area contributed by atoms with Crippen molar-refractivity contribution >= 4 is 28.9 Å². The lowest BCUT2D eigenvalue weighted by atomic mass is 10.1. The summed E-state index contributed by atoms with van der Waals surface area (Å²) in [5.41, 5.74) is 2.05. The van der Waals surface area contributed by atoms with Crippen LogP contribution in [0.25, 0.3) is 17.0 Å². The van der Waals surface area contributed by atoms with Crippen molar-refractivity contribution in [2.24, 2.45) is 0 Å². The number of nitrogens with one attached hydrogen (secondary N) is 1. The number of aromatic nitrogens is 1. The first-order valence-corrected chi connectivity index (χ1v) is 6.20. The fraction of sp³-hybridized carbons (Fsp3) is 0.200. The van der Waals surface area contributed by atoms with Crippen LogP contribution in [0.2, 0.25) is 0 Å². The minimum absolute atomic E-state index is 0.335. The third-order valence-corrected chi connectivity index (χ3v) is 2.75. The Morgan fingerprint density at radius 2 is 2.10 bits per heavy atom. The van der Waals surface area contributed by atoms with E-state index in [4.69, 9.17) is 4.74 Å². The molecule has 0 aliphatic heterocycles. The molecule has 0 bridgehead atoms. The highest BCUT2D eigenvalue weighted by atomic mass is 16.5. The number of hydrogen-bond acceptors (Lipinski definition) is 4. The zero-order valence-electron chi connectivity index (χ0n) is 11.3. The third kappa shape index (κ3) is 3.06. The van der Waals surface area contributed by atoms with E-state index in [1.165, 1.54) is 13.2 Å².